The van der Waals surface area contributed by atoms with Gasteiger partial charge in [-0.15, -0.1) is 0 Å². The highest BCUT2D eigenvalue weighted by atomic mass is 32.1. The van der Waals surface area contributed by atoms with Crippen molar-refractivity contribution < 1.29 is 63.3 Å². The van der Waals surface area contributed by atoms with E-state index in [1.807, 2.05) is 0 Å². The maximum Gasteiger partial charge on any atom is 0.326 e. The molecule has 0 saturated carbocycles. The van der Waals surface area contributed by atoms with Crippen LogP contribution in [0.15, 0.2) is 60.7 Å². The van der Waals surface area contributed by atoms with Crippen molar-refractivity contribution >= 4 is 84.5 Å². The molecule has 0 aliphatic carbocycles. The Kier molecular flexibility index (Phi) is 22.0. The average molecular weight is 904 g/mol. The van der Waals surface area contributed by atoms with E-state index >= 15 is 0 Å². The van der Waals surface area contributed by atoms with Gasteiger partial charge in [0.1, 0.15) is 42.3 Å². The molecule has 2 aromatic carbocycles. The second-order valence-electron chi connectivity index (χ2n) is 14.5. The Balaban J connectivity index is 2.22. The van der Waals surface area contributed by atoms with Crippen molar-refractivity contribution in [2.75, 3.05) is 11.5 Å². The van der Waals surface area contributed by atoms with Crippen LogP contribution in [0.4, 0.5) is 0 Å². The molecule has 0 aromatic heterocycles. The molecule has 2 rings (SSSR count). The van der Waals surface area contributed by atoms with Crippen LogP contribution in [0.5, 0.6) is 0 Å². The lowest BCUT2D eigenvalue weighted by Gasteiger charge is -2.27. The molecule has 20 nitrogen and oxygen atoms in total. The van der Waals surface area contributed by atoms with Crippen LogP contribution in [-0.2, 0) is 60.8 Å². The Labute approximate surface area is 368 Å². The molecule has 2 aromatic rings. The minimum absolute atomic E-state index is 0.0302. The predicted molar refractivity (Wildman–Crippen MR) is 229 cm³/mol. The molecule has 0 saturated heterocycles. The summed E-state index contributed by atoms with van der Waals surface area (Å²) in [5.74, 6) is -12.1. The molecule has 7 amide bonds. The number of carboxylic acid groups (broad SMARTS) is 3. The third kappa shape index (κ3) is 18.6. The molecule has 10 N–H and O–H groups in total. The van der Waals surface area contributed by atoms with E-state index < -0.39 is 120 Å². The van der Waals surface area contributed by atoms with Crippen LogP contribution in [0.3, 0.4) is 0 Å². The summed E-state index contributed by atoms with van der Waals surface area (Å²) < 4.78 is 0. The lowest BCUT2D eigenvalue weighted by molar-refractivity contribution is -0.143. The summed E-state index contributed by atoms with van der Waals surface area (Å²) in [6.45, 7) is 4.65. The molecule has 7 atom stereocenters. The summed E-state index contributed by atoms with van der Waals surface area (Å²) in [4.78, 5) is 128. The molecule has 338 valence electrons. The summed E-state index contributed by atoms with van der Waals surface area (Å²) in [7, 11) is 0. The zero-order valence-electron chi connectivity index (χ0n) is 34.2. The van der Waals surface area contributed by atoms with Gasteiger partial charge in [-0.3, -0.25) is 43.2 Å². The third-order valence-corrected chi connectivity index (χ3v) is 9.60. The molecule has 0 fully saturated rings. The van der Waals surface area contributed by atoms with Crippen LogP contribution in [0.2, 0.25) is 0 Å². The monoisotopic (exact) mass is 903 g/mol. The van der Waals surface area contributed by atoms with Gasteiger partial charge >= 0.3 is 17.9 Å². The minimum atomic E-state index is -1.86. The van der Waals surface area contributed by atoms with E-state index in [-0.39, 0.29) is 30.9 Å². The lowest BCUT2D eigenvalue weighted by Crippen LogP contribution is -2.61. The Morgan fingerprint density at radius 1 is 0.468 bits per heavy atom. The Morgan fingerprint density at radius 2 is 0.790 bits per heavy atom. The van der Waals surface area contributed by atoms with Gasteiger partial charge in [0.15, 0.2) is 0 Å². The number of hydrogen-bond acceptors (Lipinski definition) is 12. The van der Waals surface area contributed by atoms with Crippen LogP contribution in [0, 0.1) is 5.92 Å². The maximum atomic E-state index is 13.7. The number of amides is 7. The smallest absolute Gasteiger partial charge is 0.326 e. The first-order valence-electron chi connectivity index (χ1n) is 19.3. The van der Waals surface area contributed by atoms with Crippen LogP contribution < -0.4 is 37.2 Å². The lowest BCUT2D eigenvalue weighted by atomic mass is 10.0. The highest BCUT2D eigenvalue weighted by molar-refractivity contribution is 7.80. The van der Waals surface area contributed by atoms with Gasteiger partial charge in [0.25, 0.3) is 0 Å². The number of thiol groups is 2. The fourth-order valence-electron chi connectivity index (χ4n) is 5.85. The highest BCUT2D eigenvalue weighted by Crippen LogP contribution is 2.10. The second kappa shape index (κ2) is 26.2. The zero-order valence-corrected chi connectivity index (χ0v) is 35.9. The highest BCUT2D eigenvalue weighted by Gasteiger charge is 2.35. The first-order chi connectivity index (χ1) is 29.2. The topological polar surface area (TPSA) is 316 Å². The SMILES string of the molecule is CC(=O)N[C@@H](Cc1ccccc1)C(=O)N[C@@H](CS)C(=O)N[C@@H](CC(C)C)C(=O)N[C@@H](CC(=O)O)C(=O)N[C@@H](CS)C(=O)N[C@@H](CC(=O)O)C(=O)N[C@@H](Cc1ccccc1)C(=O)O. The van der Waals surface area contributed by atoms with E-state index in [1.54, 1.807) is 74.5 Å². The molecule has 0 aliphatic heterocycles. The fourth-order valence-corrected chi connectivity index (χ4v) is 6.36. The summed E-state index contributed by atoms with van der Waals surface area (Å²) >= 11 is 8.24. The second-order valence-corrected chi connectivity index (χ2v) is 15.3. The Hall–Kier alpha value is -6.16. The van der Waals surface area contributed by atoms with Crippen molar-refractivity contribution in [1.82, 2.24) is 37.2 Å². The van der Waals surface area contributed by atoms with Crippen molar-refractivity contribution in [3.63, 3.8) is 0 Å². The first kappa shape index (κ1) is 52.0. The quantitative estimate of drug-likeness (QED) is 0.0496. The van der Waals surface area contributed by atoms with Gasteiger partial charge in [-0.05, 0) is 23.5 Å². The molecule has 0 radical (unpaired) electrons. The van der Waals surface area contributed by atoms with Gasteiger partial charge in [-0.2, -0.15) is 25.3 Å². The summed E-state index contributed by atoms with van der Waals surface area (Å²) in [6.07, 6.45) is -2.12. The van der Waals surface area contributed by atoms with Gasteiger partial charge in [0.2, 0.25) is 41.4 Å². The van der Waals surface area contributed by atoms with Gasteiger partial charge in [-0.25, -0.2) is 4.79 Å². The van der Waals surface area contributed by atoms with E-state index in [4.69, 9.17) is 0 Å². The summed E-state index contributed by atoms with van der Waals surface area (Å²) in [6, 6.07) is 6.35. The number of rotatable bonds is 26. The molecular formula is C40H53N7O13S2. The van der Waals surface area contributed by atoms with Crippen molar-refractivity contribution in [1.29, 1.82) is 0 Å². The van der Waals surface area contributed by atoms with Crippen molar-refractivity contribution in [2.45, 2.75) is 95.2 Å². The zero-order chi connectivity index (χ0) is 46.5. The number of aliphatic carboxylic acids is 3. The van der Waals surface area contributed by atoms with Crippen LogP contribution >= 0.6 is 25.3 Å². The van der Waals surface area contributed by atoms with E-state index in [0.29, 0.717) is 5.56 Å². The Morgan fingerprint density at radius 3 is 1.15 bits per heavy atom. The molecule has 22 heteroatoms. The van der Waals surface area contributed by atoms with Gasteiger partial charge in [-0.1, -0.05) is 74.5 Å². The number of benzene rings is 2. The van der Waals surface area contributed by atoms with Crippen molar-refractivity contribution in [2.24, 2.45) is 5.92 Å². The molecule has 0 bridgehead atoms. The normalized spacial score (nSPS) is 14.2. The molecule has 0 heterocycles. The van der Waals surface area contributed by atoms with Gasteiger partial charge in [0, 0.05) is 31.3 Å². The Bertz CT molecular complexity index is 1910. The third-order valence-electron chi connectivity index (χ3n) is 8.87. The molecule has 0 aliphatic rings. The van der Waals surface area contributed by atoms with E-state index in [1.165, 1.54) is 6.92 Å². The maximum absolute atomic E-state index is 13.7. The standard InChI is InChI=1S/C40H53N7O13S2/c1-21(2)14-25(42-38(57)30(19-61)46-35(54)26(41-22(3)48)15-23-10-6-4-7-11-23)34(53)43-28(18-33(51)52)37(56)47-31(20-62)39(58)44-27(17-32(49)50)36(55)45-29(40(59)60)16-24-12-8-5-9-13-24/h4-13,21,25-31,61-62H,14-20H2,1-3H3,(H,41,48)(H,42,57)(H,43,53)(H,44,58)(H,45,55)(H,46,54)(H,47,56)(H,49,50)(H,51,52)(H,59,60)/t25-,26-,27-,28-,29-,30-,31-/m0/s1. The molecule has 0 unspecified atom stereocenters. The van der Waals surface area contributed by atoms with Gasteiger partial charge in [0.05, 0.1) is 12.8 Å². The predicted octanol–water partition coefficient (Wildman–Crippen LogP) is -1.17. The van der Waals surface area contributed by atoms with Crippen LogP contribution in [-0.4, -0.2) is 128 Å². The minimum Gasteiger partial charge on any atom is -0.481 e. The van der Waals surface area contributed by atoms with E-state index in [2.05, 4.69) is 62.5 Å². The largest absolute Gasteiger partial charge is 0.481 e. The number of nitrogens with one attached hydrogen (secondary N) is 7. The number of carbonyl (C=O) groups is 10. The van der Waals surface area contributed by atoms with Crippen LogP contribution in [0.1, 0.15) is 51.2 Å². The molecular weight excluding hydrogens is 851 g/mol. The number of carboxylic acids is 3. The fraction of sp³-hybridized carbons (Fsp3) is 0.450. The van der Waals surface area contributed by atoms with E-state index in [9.17, 15) is 63.3 Å². The van der Waals surface area contributed by atoms with Crippen molar-refractivity contribution in [3.05, 3.63) is 71.8 Å². The first-order valence-corrected chi connectivity index (χ1v) is 20.6. The number of carbonyl (C=O) groups excluding carboxylic acids is 7. The average Bonchev–Trinajstić information content (AvgIpc) is 3.20. The summed E-state index contributed by atoms with van der Waals surface area (Å²) in [5, 5.41) is 45.2. The van der Waals surface area contributed by atoms with E-state index in [0.717, 1.165) is 5.56 Å². The molecule has 62 heavy (non-hydrogen) atoms. The molecule has 0 spiro atoms. The van der Waals surface area contributed by atoms with Gasteiger partial charge < -0.3 is 52.5 Å². The summed E-state index contributed by atoms with van der Waals surface area (Å²) in [5.41, 5.74) is 1.26. The van der Waals surface area contributed by atoms with Crippen LogP contribution in [0.25, 0.3) is 0 Å². The van der Waals surface area contributed by atoms with Crippen molar-refractivity contribution in [3.8, 4) is 0 Å². The number of hydrogen-bond donors (Lipinski definition) is 12.